The first kappa shape index (κ1) is 19.0. The Morgan fingerprint density at radius 2 is 1.84 bits per heavy atom. The molecule has 1 aromatic carbocycles. The van der Waals surface area contributed by atoms with E-state index in [0.717, 1.165) is 6.08 Å². The minimum atomic E-state index is -4.68. The molecule has 1 aromatic rings. The zero-order chi connectivity index (χ0) is 18.8. The number of carboxylic acids is 1. The van der Waals surface area contributed by atoms with Crippen LogP contribution in [0.2, 0.25) is 10.0 Å². The third-order valence-electron chi connectivity index (χ3n) is 3.16. The van der Waals surface area contributed by atoms with Gasteiger partial charge in [-0.25, -0.2) is 5.43 Å². The molecule has 25 heavy (non-hydrogen) atoms. The lowest BCUT2D eigenvalue weighted by atomic mass is 9.94. The molecule has 1 unspecified atom stereocenters. The van der Waals surface area contributed by atoms with Crippen LogP contribution in [0.3, 0.4) is 0 Å². The summed E-state index contributed by atoms with van der Waals surface area (Å²) in [6.07, 6.45) is -2.59. The van der Waals surface area contributed by atoms with Crippen molar-refractivity contribution < 1.29 is 27.9 Å². The second-order valence-corrected chi connectivity index (χ2v) is 5.69. The van der Waals surface area contributed by atoms with Crippen LogP contribution in [0, 0.1) is 5.92 Å². The molecule has 5 nitrogen and oxygen atoms in total. The van der Waals surface area contributed by atoms with E-state index in [2.05, 4.69) is 10.5 Å². The summed E-state index contributed by atoms with van der Waals surface area (Å²) in [6.45, 7) is 0. The Morgan fingerprint density at radius 3 is 2.40 bits per heavy atom. The van der Waals surface area contributed by atoms with Crippen molar-refractivity contribution in [3.8, 4) is 0 Å². The molecule has 0 aromatic heterocycles. The van der Waals surface area contributed by atoms with Crippen LogP contribution in [-0.4, -0.2) is 28.9 Å². The normalized spacial score (nSPS) is 18.8. The zero-order valence-electron chi connectivity index (χ0n) is 12.1. The number of aliphatic carboxylic acids is 1. The highest BCUT2D eigenvalue weighted by atomic mass is 35.5. The SMILES string of the molecule is O=C(NN=C1C=CC(C(F)(F)F)=CC1C(=O)O)c1ccc(Cl)c(Cl)c1. The summed E-state index contributed by atoms with van der Waals surface area (Å²) in [5.74, 6) is -3.90. The van der Waals surface area contributed by atoms with Gasteiger partial charge in [0.25, 0.3) is 5.91 Å². The Labute approximate surface area is 149 Å². The number of halogens is 5. The predicted octanol–water partition coefficient (Wildman–Crippen LogP) is 3.84. The van der Waals surface area contributed by atoms with Gasteiger partial charge in [-0.1, -0.05) is 29.3 Å². The van der Waals surface area contributed by atoms with Crippen LogP contribution in [0.25, 0.3) is 0 Å². The van der Waals surface area contributed by atoms with E-state index in [4.69, 9.17) is 28.3 Å². The van der Waals surface area contributed by atoms with Gasteiger partial charge in [0.15, 0.2) is 0 Å². The summed E-state index contributed by atoms with van der Waals surface area (Å²) < 4.78 is 38.0. The largest absolute Gasteiger partial charge is 0.481 e. The highest BCUT2D eigenvalue weighted by Gasteiger charge is 2.36. The standard InChI is InChI=1S/C15H9Cl2F3N2O3/c16-10-3-1-7(5-11(10)17)13(23)22-21-12-4-2-8(15(18,19)20)6-9(12)14(24)25/h1-6,9H,(H,22,23)(H,24,25). The van der Waals surface area contributed by atoms with Crippen LogP contribution < -0.4 is 5.43 Å². The number of allylic oxidation sites excluding steroid dienone is 3. The maximum atomic E-state index is 12.7. The molecule has 0 heterocycles. The maximum absolute atomic E-state index is 12.7. The topological polar surface area (TPSA) is 78.8 Å². The van der Waals surface area contributed by atoms with Gasteiger partial charge in [0.05, 0.1) is 21.3 Å². The first-order valence-electron chi connectivity index (χ1n) is 6.62. The summed E-state index contributed by atoms with van der Waals surface area (Å²) in [7, 11) is 0. The van der Waals surface area contributed by atoms with Crippen molar-refractivity contribution >= 4 is 40.8 Å². The van der Waals surface area contributed by atoms with Gasteiger partial charge in [-0.15, -0.1) is 0 Å². The predicted molar refractivity (Wildman–Crippen MR) is 85.8 cm³/mol. The third kappa shape index (κ3) is 4.61. The van der Waals surface area contributed by atoms with Gasteiger partial charge < -0.3 is 5.11 Å². The lowest BCUT2D eigenvalue weighted by Crippen LogP contribution is -2.29. The van der Waals surface area contributed by atoms with Gasteiger partial charge >= 0.3 is 12.1 Å². The fraction of sp³-hybridized carbons (Fsp3) is 0.133. The molecule has 0 radical (unpaired) electrons. The summed E-state index contributed by atoms with van der Waals surface area (Å²) in [5.41, 5.74) is 0.813. The van der Waals surface area contributed by atoms with Crippen molar-refractivity contribution in [2.75, 3.05) is 0 Å². The number of nitrogens with zero attached hydrogens (tertiary/aromatic N) is 1. The number of carbonyl (C=O) groups excluding carboxylic acids is 1. The fourth-order valence-electron chi connectivity index (χ4n) is 1.91. The third-order valence-corrected chi connectivity index (χ3v) is 3.90. The Hall–Kier alpha value is -2.32. The highest BCUT2D eigenvalue weighted by molar-refractivity contribution is 6.42. The number of carboxylic acid groups (broad SMARTS) is 1. The first-order chi connectivity index (χ1) is 11.6. The first-order valence-corrected chi connectivity index (χ1v) is 7.38. The van der Waals surface area contributed by atoms with Crippen molar-refractivity contribution in [3.05, 3.63) is 57.6 Å². The van der Waals surface area contributed by atoms with Crippen LogP contribution in [0.4, 0.5) is 13.2 Å². The van der Waals surface area contributed by atoms with Gasteiger partial charge in [0, 0.05) is 5.56 Å². The molecule has 0 saturated carbocycles. The molecule has 1 aliphatic carbocycles. The molecule has 0 saturated heterocycles. The molecule has 0 bridgehead atoms. The molecule has 1 atom stereocenters. The van der Waals surface area contributed by atoms with Gasteiger partial charge in [0.1, 0.15) is 5.92 Å². The van der Waals surface area contributed by atoms with E-state index >= 15 is 0 Å². The van der Waals surface area contributed by atoms with Crippen LogP contribution in [0.1, 0.15) is 10.4 Å². The van der Waals surface area contributed by atoms with Gasteiger partial charge in [-0.3, -0.25) is 9.59 Å². The number of hydrogen-bond donors (Lipinski definition) is 2. The molecular formula is C15H9Cl2F3N2O3. The molecule has 10 heteroatoms. The molecule has 1 amide bonds. The maximum Gasteiger partial charge on any atom is 0.416 e. The van der Waals surface area contributed by atoms with E-state index in [0.29, 0.717) is 12.2 Å². The van der Waals surface area contributed by atoms with Crippen LogP contribution in [-0.2, 0) is 4.79 Å². The number of amides is 1. The number of rotatable bonds is 3. The number of benzene rings is 1. The molecule has 0 spiro atoms. The number of nitrogens with one attached hydrogen (secondary N) is 1. The van der Waals surface area contributed by atoms with Gasteiger partial charge in [0.2, 0.25) is 0 Å². The number of carbonyl (C=O) groups is 2. The smallest absolute Gasteiger partial charge is 0.416 e. The summed E-state index contributed by atoms with van der Waals surface area (Å²) in [4.78, 5) is 23.1. The summed E-state index contributed by atoms with van der Waals surface area (Å²) in [6, 6.07) is 4.01. The van der Waals surface area contributed by atoms with Crippen molar-refractivity contribution in [1.29, 1.82) is 0 Å². The molecule has 1 aliphatic rings. The number of alkyl halides is 3. The van der Waals surface area contributed by atoms with Crippen molar-refractivity contribution in [1.82, 2.24) is 5.43 Å². The molecular weight excluding hydrogens is 384 g/mol. The van der Waals surface area contributed by atoms with Gasteiger partial charge in [-0.2, -0.15) is 18.3 Å². The van der Waals surface area contributed by atoms with Crippen LogP contribution in [0.5, 0.6) is 0 Å². The van der Waals surface area contributed by atoms with Crippen molar-refractivity contribution in [2.45, 2.75) is 6.18 Å². The lowest BCUT2D eigenvalue weighted by Gasteiger charge is -2.17. The Morgan fingerprint density at radius 1 is 1.16 bits per heavy atom. The second-order valence-electron chi connectivity index (χ2n) is 4.88. The molecule has 132 valence electrons. The molecule has 2 N–H and O–H groups in total. The van der Waals surface area contributed by atoms with E-state index < -0.39 is 29.5 Å². The van der Waals surface area contributed by atoms with E-state index in [1.165, 1.54) is 18.2 Å². The van der Waals surface area contributed by atoms with Gasteiger partial charge in [-0.05, 0) is 30.4 Å². The molecule has 2 rings (SSSR count). The fourth-order valence-corrected chi connectivity index (χ4v) is 2.21. The van der Waals surface area contributed by atoms with E-state index in [9.17, 15) is 22.8 Å². The van der Waals surface area contributed by atoms with Crippen LogP contribution in [0.15, 0.2) is 47.1 Å². The molecule has 0 fully saturated rings. The quantitative estimate of drug-likeness (QED) is 0.767. The number of hydrazone groups is 1. The summed E-state index contributed by atoms with van der Waals surface area (Å²) >= 11 is 11.5. The Bertz CT molecular complexity index is 817. The number of hydrogen-bond acceptors (Lipinski definition) is 3. The monoisotopic (exact) mass is 392 g/mol. The molecule has 0 aliphatic heterocycles. The Kier molecular flexibility index (Phi) is 5.54. The highest BCUT2D eigenvalue weighted by Crippen LogP contribution is 2.30. The second kappa shape index (κ2) is 7.28. The van der Waals surface area contributed by atoms with E-state index in [1.807, 2.05) is 0 Å². The zero-order valence-corrected chi connectivity index (χ0v) is 13.7. The Balaban J connectivity index is 2.21. The average Bonchev–Trinajstić information content (AvgIpc) is 2.54. The summed E-state index contributed by atoms with van der Waals surface area (Å²) in [5, 5.41) is 13.0. The average molecular weight is 393 g/mol. The van der Waals surface area contributed by atoms with Crippen LogP contribution >= 0.6 is 23.2 Å². The minimum absolute atomic E-state index is 0.0944. The van der Waals surface area contributed by atoms with Crippen molar-refractivity contribution in [2.24, 2.45) is 11.0 Å². The van der Waals surface area contributed by atoms with E-state index in [1.54, 1.807) is 0 Å². The lowest BCUT2D eigenvalue weighted by molar-refractivity contribution is -0.138. The van der Waals surface area contributed by atoms with E-state index in [-0.39, 0.29) is 21.3 Å². The van der Waals surface area contributed by atoms with Crippen molar-refractivity contribution in [3.63, 3.8) is 0 Å². The minimum Gasteiger partial charge on any atom is -0.481 e.